The third-order valence-corrected chi connectivity index (χ3v) is 3.47. The Hall–Kier alpha value is -2.09. The lowest BCUT2D eigenvalue weighted by Crippen LogP contribution is -2.26. The molecule has 0 heterocycles. The summed E-state index contributed by atoms with van der Waals surface area (Å²) in [6.45, 7) is 0. The lowest BCUT2D eigenvalue weighted by Gasteiger charge is -2.14. The molecule has 90 valence electrons. The Morgan fingerprint density at radius 1 is 1.00 bits per heavy atom. The Bertz CT molecular complexity index is 562. The van der Waals surface area contributed by atoms with Crippen molar-refractivity contribution in [3.63, 3.8) is 0 Å². The molecule has 0 radical (unpaired) electrons. The van der Waals surface area contributed by atoms with Crippen molar-refractivity contribution in [1.29, 1.82) is 0 Å². The zero-order valence-corrected chi connectivity index (χ0v) is 10.1. The number of nitrogens with one attached hydrogen (secondary N) is 1. The van der Waals surface area contributed by atoms with Crippen LogP contribution in [0.5, 0.6) is 0 Å². The first-order valence-electron chi connectivity index (χ1n) is 6.28. The number of benzene rings is 2. The first-order valence-corrected chi connectivity index (χ1v) is 6.28. The Balaban J connectivity index is 1.77. The monoisotopic (exact) mass is 237 g/mol. The van der Waals surface area contributed by atoms with Gasteiger partial charge in [0.1, 0.15) is 0 Å². The summed E-state index contributed by atoms with van der Waals surface area (Å²) in [7, 11) is 0. The second kappa shape index (κ2) is 4.65. The minimum Gasteiger partial charge on any atom is -0.345 e. The fourth-order valence-electron chi connectivity index (χ4n) is 2.54. The molecule has 2 aromatic carbocycles. The molecule has 0 bridgehead atoms. The van der Waals surface area contributed by atoms with Gasteiger partial charge in [-0.05, 0) is 36.1 Å². The third kappa shape index (κ3) is 2.02. The lowest BCUT2D eigenvalue weighted by molar-refractivity contribution is 0.0936. The van der Waals surface area contributed by atoms with E-state index in [0.717, 1.165) is 18.4 Å². The van der Waals surface area contributed by atoms with Crippen LogP contribution in [0, 0.1) is 0 Å². The second-order valence-corrected chi connectivity index (χ2v) is 4.63. The topological polar surface area (TPSA) is 29.1 Å². The molecule has 1 amide bonds. The van der Waals surface area contributed by atoms with Crippen molar-refractivity contribution in [2.45, 2.75) is 18.9 Å². The Labute approximate surface area is 107 Å². The van der Waals surface area contributed by atoms with Gasteiger partial charge in [-0.2, -0.15) is 0 Å². The molecule has 0 saturated heterocycles. The van der Waals surface area contributed by atoms with Crippen molar-refractivity contribution >= 4 is 5.91 Å². The van der Waals surface area contributed by atoms with Crippen molar-refractivity contribution in [2.24, 2.45) is 0 Å². The van der Waals surface area contributed by atoms with Crippen LogP contribution in [0.15, 0.2) is 54.6 Å². The van der Waals surface area contributed by atoms with Crippen LogP contribution in [0.1, 0.15) is 33.9 Å². The predicted molar refractivity (Wildman–Crippen MR) is 71.4 cm³/mol. The van der Waals surface area contributed by atoms with Gasteiger partial charge in [-0.1, -0.05) is 42.5 Å². The summed E-state index contributed by atoms with van der Waals surface area (Å²) in [5, 5.41) is 3.11. The van der Waals surface area contributed by atoms with Gasteiger partial charge in [0.25, 0.3) is 5.91 Å². The van der Waals surface area contributed by atoms with E-state index in [1.54, 1.807) is 0 Å². The summed E-state index contributed by atoms with van der Waals surface area (Å²) in [4.78, 5) is 12.1. The predicted octanol–water partition coefficient (Wildman–Crippen LogP) is 3.10. The van der Waals surface area contributed by atoms with E-state index in [-0.39, 0.29) is 11.9 Å². The number of hydrogen-bond acceptors (Lipinski definition) is 1. The van der Waals surface area contributed by atoms with Gasteiger partial charge in [0.05, 0.1) is 6.04 Å². The molecule has 0 saturated carbocycles. The van der Waals surface area contributed by atoms with E-state index < -0.39 is 0 Å². The van der Waals surface area contributed by atoms with E-state index in [1.165, 1.54) is 11.1 Å². The van der Waals surface area contributed by atoms with E-state index in [4.69, 9.17) is 0 Å². The highest BCUT2D eigenvalue weighted by atomic mass is 16.1. The quantitative estimate of drug-likeness (QED) is 0.854. The largest absolute Gasteiger partial charge is 0.345 e. The van der Waals surface area contributed by atoms with E-state index in [9.17, 15) is 4.79 Å². The van der Waals surface area contributed by atoms with Crippen molar-refractivity contribution in [3.05, 3.63) is 71.3 Å². The van der Waals surface area contributed by atoms with Gasteiger partial charge in [0, 0.05) is 5.56 Å². The van der Waals surface area contributed by atoms with Crippen molar-refractivity contribution in [2.75, 3.05) is 0 Å². The molecule has 1 aliphatic carbocycles. The van der Waals surface area contributed by atoms with Gasteiger partial charge in [-0.15, -0.1) is 0 Å². The molecule has 0 aromatic heterocycles. The Morgan fingerprint density at radius 3 is 2.56 bits per heavy atom. The molecule has 1 N–H and O–H groups in total. The maximum atomic E-state index is 12.1. The SMILES string of the molecule is O=C(N[C@@H]1CCc2ccccc21)c1ccccc1. The average Bonchev–Trinajstić information content (AvgIpc) is 2.83. The zero-order chi connectivity index (χ0) is 12.4. The number of carbonyl (C=O) groups excluding carboxylic acids is 1. The fourth-order valence-corrected chi connectivity index (χ4v) is 2.54. The second-order valence-electron chi connectivity index (χ2n) is 4.63. The fraction of sp³-hybridized carbons (Fsp3) is 0.188. The molecular weight excluding hydrogens is 222 g/mol. The van der Waals surface area contributed by atoms with E-state index in [1.807, 2.05) is 36.4 Å². The maximum Gasteiger partial charge on any atom is 0.251 e. The molecule has 0 spiro atoms. The normalized spacial score (nSPS) is 17.2. The van der Waals surface area contributed by atoms with Crippen LogP contribution in [-0.2, 0) is 6.42 Å². The van der Waals surface area contributed by atoms with Crippen LogP contribution in [-0.4, -0.2) is 5.91 Å². The van der Waals surface area contributed by atoms with Crippen molar-refractivity contribution in [3.8, 4) is 0 Å². The maximum absolute atomic E-state index is 12.1. The number of aryl methyl sites for hydroxylation is 1. The van der Waals surface area contributed by atoms with Crippen LogP contribution < -0.4 is 5.32 Å². The molecule has 1 aliphatic rings. The highest BCUT2D eigenvalue weighted by molar-refractivity contribution is 5.94. The Kier molecular flexibility index (Phi) is 2.85. The summed E-state index contributed by atoms with van der Waals surface area (Å²) in [6.07, 6.45) is 2.05. The Morgan fingerprint density at radius 2 is 1.72 bits per heavy atom. The number of fused-ring (bicyclic) bond motifs is 1. The summed E-state index contributed by atoms with van der Waals surface area (Å²) in [5.41, 5.74) is 3.35. The van der Waals surface area contributed by atoms with Crippen LogP contribution in [0.25, 0.3) is 0 Å². The summed E-state index contributed by atoms with van der Waals surface area (Å²) < 4.78 is 0. The number of rotatable bonds is 2. The molecule has 3 rings (SSSR count). The van der Waals surface area contributed by atoms with E-state index in [2.05, 4.69) is 23.5 Å². The molecule has 2 nitrogen and oxygen atoms in total. The minimum absolute atomic E-state index is 0.0114. The summed E-state index contributed by atoms with van der Waals surface area (Å²) in [5.74, 6) is 0.0114. The standard InChI is InChI=1S/C16H15NO/c18-16(13-7-2-1-3-8-13)17-15-11-10-12-6-4-5-9-14(12)15/h1-9,15H,10-11H2,(H,17,18)/t15-/m1/s1. The number of amides is 1. The van der Waals surface area contributed by atoms with Crippen LogP contribution in [0.2, 0.25) is 0 Å². The average molecular weight is 237 g/mol. The van der Waals surface area contributed by atoms with E-state index in [0.29, 0.717) is 0 Å². The number of carbonyl (C=O) groups is 1. The molecule has 2 heteroatoms. The van der Waals surface area contributed by atoms with Crippen molar-refractivity contribution in [1.82, 2.24) is 5.32 Å². The molecular formula is C16H15NO. The third-order valence-electron chi connectivity index (χ3n) is 3.47. The van der Waals surface area contributed by atoms with Gasteiger partial charge in [-0.3, -0.25) is 4.79 Å². The molecule has 1 atom stereocenters. The molecule has 0 fully saturated rings. The van der Waals surface area contributed by atoms with Crippen LogP contribution in [0.4, 0.5) is 0 Å². The molecule has 2 aromatic rings. The van der Waals surface area contributed by atoms with Gasteiger partial charge < -0.3 is 5.32 Å². The summed E-state index contributed by atoms with van der Waals surface area (Å²) >= 11 is 0. The van der Waals surface area contributed by atoms with Crippen LogP contribution in [0.3, 0.4) is 0 Å². The highest BCUT2D eigenvalue weighted by Gasteiger charge is 2.23. The van der Waals surface area contributed by atoms with Gasteiger partial charge >= 0.3 is 0 Å². The number of hydrogen-bond donors (Lipinski definition) is 1. The van der Waals surface area contributed by atoms with E-state index >= 15 is 0 Å². The smallest absolute Gasteiger partial charge is 0.251 e. The lowest BCUT2D eigenvalue weighted by atomic mass is 10.1. The van der Waals surface area contributed by atoms with Crippen molar-refractivity contribution < 1.29 is 4.79 Å². The van der Waals surface area contributed by atoms with Gasteiger partial charge in [0.15, 0.2) is 0 Å². The highest BCUT2D eigenvalue weighted by Crippen LogP contribution is 2.30. The first-order chi connectivity index (χ1) is 8.84. The van der Waals surface area contributed by atoms with Gasteiger partial charge in [-0.25, -0.2) is 0 Å². The molecule has 0 aliphatic heterocycles. The first kappa shape index (κ1) is 11.0. The minimum atomic E-state index is 0.0114. The molecule has 18 heavy (non-hydrogen) atoms. The summed E-state index contributed by atoms with van der Waals surface area (Å²) in [6, 6.07) is 17.9. The van der Waals surface area contributed by atoms with Gasteiger partial charge in [0.2, 0.25) is 0 Å². The van der Waals surface area contributed by atoms with Crippen LogP contribution >= 0.6 is 0 Å². The molecule has 0 unspecified atom stereocenters. The zero-order valence-electron chi connectivity index (χ0n) is 10.1.